The number of rotatable bonds is 4. The SMILES string of the molecule is COc1ccc(F)cc1C(N(C)C)N1CCNCC1. The summed E-state index contributed by atoms with van der Waals surface area (Å²) in [7, 11) is 5.65. The van der Waals surface area contributed by atoms with Gasteiger partial charge in [-0.05, 0) is 32.3 Å². The Kier molecular flexibility index (Phi) is 4.74. The minimum Gasteiger partial charge on any atom is -0.496 e. The van der Waals surface area contributed by atoms with Crippen molar-refractivity contribution in [3.8, 4) is 5.75 Å². The average molecular weight is 267 g/mol. The maximum atomic E-state index is 13.6. The molecule has 1 fully saturated rings. The number of piperazine rings is 1. The lowest BCUT2D eigenvalue weighted by Crippen LogP contribution is -2.48. The first kappa shape index (κ1) is 14.2. The Hall–Kier alpha value is -1.17. The third-order valence-electron chi connectivity index (χ3n) is 3.46. The Morgan fingerprint density at radius 1 is 1.32 bits per heavy atom. The smallest absolute Gasteiger partial charge is 0.125 e. The van der Waals surface area contributed by atoms with E-state index in [0.29, 0.717) is 0 Å². The van der Waals surface area contributed by atoms with Crippen molar-refractivity contribution in [3.63, 3.8) is 0 Å². The van der Waals surface area contributed by atoms with E-state index < -0.39 is 0 Å². The highest BCUT2D eigenvalue weighted by molar-refractivity contribution is 5.36. The molecule has 1 heterocycles. The number of hydrogen-bond donors (Lipinski definition) is 1. The van der Waals surface area contributed by atoms with E-state index in [1.54, 1.807) is 19.2 Å². The molecule has 1 aliphatic heterocycles. The molecule has 0 radical (unpaired) electrons. The largest absolute Gasteiger partial charge is 0.496 e. The fraction of sp³-hybridized carbons (Fsp3) is 0.571. The highest BCUT2D eigenvalue weighted by atomic mass is 19.1. The summed E-state index contributed by atoms with van der Waals surface area (Å²) in [4.78, 5) is 4.44. The molecule has 4 nitrogen and oxygen atoms in total. The summed E-state index contributed by atoms with van der Waals surface area (Å²) < 4.78 is 19.0. The molecule has 0 aromatic heterocycles. The minimum atomic E-state index is -0.224. The number of nitrogens with one attached hydrogen (secondary N) is 1. The molecule has 2 rings (SSSR count). The predicted molar refractivity (Wildman–Crippen MR) is 73.8 cm³/mol. The summed E-state index contributed by atoms with van der Waals surface area (Å²) in [6.07, 6.45) is 0.0350. The topological polar surface area (TPSA) is 27.7 Å². The maximum absolute atomic E-state index is 13.6. The second kappa shape index (κ2) is 6.32. The van der Waals surface area contributed by atoms with Gasteiger partial charge in [-0.15, -0.1) is 0 Å². The Morgan fingerprint density at radius 3 is 2.58 bits per heavy atom. The molecular formula is C14H22FN3O. The van der Waals surface area contributed by atoms with Crippen LogP contribution in [0.2, 0.25) is 0 Å². The summed E-state index contributed by atoms with van der Waals surface area (Å²) >= 11 is 0. The third-order valence-corrected chi connectivity index (χ3v) is 3.46. The molecule has 1 saturated heterocycles. The molecule has 1 aromatic carbocycles. The molecule has 0 spiro atoms. The number of halogens is 1. The quantitative estimate of drug-likeness (QED) is 0.890. The molecule has 19 heavy (non-hydrogen) atoms. The van der Waals surface area contributed by atoms with Crippen molar-refractivity contribution in [1.82, 2.24) is 15.1 Å². The lowest BCUT2D eigenvalue weighted by molar-refractivity contribution is 0.0651. The van der Waals surface area contributed by atoms with Crippen molar-refractivity contribution < 1.29 is 9.13 Å². The molecule has 1 unspecified atom stereocenters. The zero-order valence-corrected chi connectivity index (χ0v) is 11.8. The number of nitrogens with zero attached hydrogens (tertiary/aromatic N) is 2. The molecule has 106 valence electrons. The van der Waals surface area contributed by atoms with Gasteiger partial charge in [-0.3, -0.25) is 9.80 Å². The molecule has 0 aliphatic carbocycles. The molecule has 1 atom stereocenters. The van der Waals surface area contributed by atoms with Crippen LogP contribution in [0.1, 0.15) is 11.7 Å². The van der Waals surface area contributed by atoms with Gasteiger partial charge in [-0.1, -0.05) is 0 Å². The predicted octanol–water partition coefficient (Wildman–Crippen LogP) is 1.30. The summed E-state index contributed by atoms with van der Waals surface area (Å²) in [5.41, 5.74) is 0.884. The van der Waals surface area contributed by atoms with E-state index in [9.17, 15) is 4.39 Å². The van der Waals surface area contributed by atoms with Crippen molar-refractivity contribution >= 4 is 0 Å². The molecule has 0 amide bonds. The van der Waals surface area contributed by atoms with Gasteiger partial charge in [-0.25, -0.2) is 4.39 Å². The van der Waals surface area contributed by atoms with Crippen LogP contribution in [0.5, 0.6) is 5.75 Å². The Morgan fingerprint density at radius 2 is 2.00 bits per heavy atom. The molecule has 0 saturated carbocycles. The number of hydrogen-bond acceptors (Lipinski definition) is 4. The Balaban J connectivity index is 2.34. The van der Waals surface area contributed by atoms with Crippen LogP contribution in [-0.4, -0.2) is 57.2 Å². The lowest BCUT2D eigenvalue weighted by atomic mass is 10.1. The molecule has 0 bridgehead atoms. The van der Waals surface area contributed by atoms with Gasteiger partial charge in [-0.2, -0.15) is 0 Å². The zero-order valence-electron chi connectivity index (χ0n) is 11.8. The standard InChI is InChI=1S/C14H22FN3O/c1-17(2)14(18-8-6-16-7-9-18)12-10-11(15)4-5-13(12)19-3/h4-5,10,14,16H,6-9H2,1-3H3. The van der Waals surface area contributed by atoms with Crippen LogP contribution in [0.3, 0.4) is 0 Å². The van der Waals surface area contributed by atoms with Gasteiger partial charge in [0.15, 0.2) is 0 Å². The summed E-state index contributed by atoms with van der Waals surface area (Å²) in [5, 5.41) is 3.33. The number of benzene rings is 1. The summed E-state index contributed by atoms with van der Waals surface area (Å²) in [6.45, 7) is 3.81. The van der Waals surface area contributed by atoms with E-state index in [4.69, 9.17) is 4.74 Å². The molecule has 1 N–H and O–H groups in total. The van der Waals surface area contributed by atoms with Crippen molar-refractivity contribution in [3.05, 3.63) is 29.6 Å². The van der Waals surface area contributed by atoms with Gasteiger partial charge in [0.2, 0.25) is 0 Å². The van der Waals surface area contributed by atoms with Crippen LogP contribution in [0.15, 0.2) is 18.2 Å². The van der Waals surface area contributed by atoms with E-state index in [1.807, 2.05) is 14.1 Å². The second-order valence-corrected chi connectivity index (χ2v) is 5.01. The van der Waals surface area contributed by atoms with E-state index in [0.717, 1.165) is 37.5 Å². The fourth-order valence-electron chi connectivity index (χ4n) is 2.64. The zero-order chi connectivity index (χ0) is 13.8. The molecule has 1 aliphatic rings. The third kappa shape index (κ3) is 3.23. The monoisotopic (exact) mass is 267 g/mol. The fourth-order valence-corrected chi connectivity index (χ4v) is 2.64. The van der Waals surface area contributed by atoms with E-state index >= 15 is 0 Å². The first-order valence-corrected chi connectivity index (χ1v) is 6.58. The van der Waals surface area contributed by atoms with Crippen LogP contribution >= 0.6 is 0 Å². The van der Waals surface area contributed by atoms with E-state index in [-0.39, 0.29) is 12.0 Å². The maximum Gasteiger partial charge on any atom is 0.125 e. The van der Waals surface area contributed by atoms with Crippen molar-refractivity contribution in [2.75, 3.05) is 47.4 Å². The average Bonchev–Trinajstić information content (AvgIpc) is 2.40. The highest BCUT2D eigenvalue weighted by Crippen LogP contribution is 2.31. The number of ether oxygens (including phenoxy) is 1. The Labute approximate surface area is 114 Å². The first-order chi connectivity index (χ1) is 9.13. The van der Waals surface area contributed by atoms with Gasteiger partial charge < -0.3 is 10.1 Å². The minimum absolute atomic E-state index is 0.0350. The summed E-state index contributed by atoms with van der Waals surface area (Å²) in [6, 6.07) is 4.71. The molecule has 1 aromatic rings. The Bertz CT molecular complexity index is 419. The normalized spacial score (nSPS) is 18.6. The van der Waals surface area contributed by atoms with Crippen molar-refractivity contribution in [1.29, 1.82) is 0 Å². The number of methoxy groups -OCH3 is 1. The molecular weight excluding hydrogens is 245 g/mol. The lowest BCUT2D eigenvalue weighted by Gasteiger charge is -2.39. The highest BCUT2D eigenvalue weighted by Gasteiger charge is 2.26. The van der Waals surface area contributed by atoms with Crippen LogP contribution in [-0.2, 0) is 0 Å². The van der Waals surface area contributed by atoms with Crippen molar-refractivity contribution in [2.24, 2.45) is 0 Å². The van der Waals surface area contributed by atoms with Crippen LogP contribution < -0.4 is 10.1 Å². The molecule has 5 heteroatoms. The van der Waals surface area contributed by atoms with Gasteiger partial charge in [0.25, 0.3) is 0 Å². The van der Waals surface area contributed by atoms with Crippen molar-refractivity contribution in [2.45, 2.75) is 6.17 Å². The second-order valence-electron chi connectivity index (χ2n) is 5.01. The van der Waals surface area contributed by atoms with Gasteiger partial charge in [0, 0.05) is 31.7 Å². The van der Waals surface area contributed by atoms with Crippen LogP contribution in [0, 0.1) is 5.82 Å². The van der Waals surface area contributed by atoms with Gasteiger partial charge in [0.05, 0.1) is 13.3 Å². The summed E-state index contributed by atoms with van der Waals surface area (Å²) in [5.74, 6) is 0.511. The first-order valence-electron chi connectivity index (χ1n) is 6.58. The van der Waals surface area contributed by atoms with Gasteiger partial charge in [0.1, 0.15) is 11.6 Å². The van der Waals surface area contributed by atoms with Crippen LogP contribution in [0.25, 0.3) is 0 Å². The van der Waals surface area contributed by atoms with Crippen LogP contribution in [0.4, 0.5) is 4.39 Å². The van der Waals surface area contributed by atoms with E-state index in [1.165, 1.54) is 6.07 Å². The van der Waals surface area contributed by atoms with E-state index in [2.05, 4.69) is 15.1 Å². The van der Waals surface area contributed by atoms with Gasteiger partial charge >= 0.3 is 0 Å².